The molecule has 0 bridgehead atoms. The first-order chi connectivity index (χ1) is 24.8. The van der Waals surface area contributed by atoms with Crippen molar-refractivity contribution >= 4 is 43.6 Å². The molecule has 0 saturated carbocycles. The normalized spacial score (nSPS) is 11.6. The molecule has 6 aromatic carbocycles. The lowest BCUT2D eigenvalue weighted by Gasteiger charge is -2.11. The first-order valence-electron chi connectivity index (χ1n) is 16.5. The largest absolute Gasteiger partial charge is 0.309 e. The highest BCUT2D eigenvalue weighted by Crippen LogP contribution is 2.41. The predicted octanol–water partition coefficient (Wildman–Crippen LogP) is 9.86. The zero-order valence-electron chi connectivity index (χ0n) is 26.7. The van der Waals surface area contributed by atoms with Gasteiger partial charge in [-0.15, -0.1) is 0 Å². The van der Waals surface area contributed by atoms with Crippen LogP contribution in [-0.2, 0) is 0 Å². The van der Waals surface area contributed by atoms with E-state index in [2.05, 4.69) is 104 Å². The van der Waals surface area contributed by atoms with Gasteiger partial charge in [-0.05, 0) is 48.5 Å². The third-order valence-electron chi connectivity index (χ3n) is 9.37. The topological polar surface area (TPSA) is 74.3 Å². The van der Waals surface area contributed by atoms with Crippen molar-refractivity contribution in [3.05, 3.63) is 164 Å². The molecule has 234 valence electrons. The molecule has 10 rings (SSSR count). The number of benzene rings is 6. The third kappa shape index (κ3) is 4.41. The molecule has 0 spiro atoms. The minimum absolute atomic E-state index is 0.623. The summed E-state index contributed by atoms with van der Waals surface area (Å²) >= 11 is 0. The zero-order chi connectivity index (χ0) is 33.0. The summed E-state index contributed by atoms with van der Waals surface area (Å²) in [6.45, 7) is 0. The first kappa shape index (κ1) is 28.1. The van der Waals surface area contributed by atoms with Gasteiger partial charge in [0, 0.05) is 49.6 Å². The number of hydrogen-bond donors (Lipinski definition) is 0. The van der Waals surface area contributed by atoms with E-state index in [0.717, 1.165) is 60.9 Å². The minimum atomic E-state index is 0.623. The van der Waals surface area contributed by atoms with E-state index in [9.17, 15) is 0 Å². The monoisotopic (exact) mass is 641 g/mol. The van der Waals surface area contributed by atoms with E-state index in [1.807, 2.05) is 79.1 Å². The van der Waals surface area contributed by atoms with Gasteiger partial charge in [0.25, 0.3) is 0 Å². The Morgan fingerprint density at radius 2 is 0.880 bits per heavy atom. The van der Waals surface area contributed by atoms with Crippen molar-refractivity contribution in [3.8, 4) is 45.5 Å². The van der Waals surface area contributed by atoms with Crippen LogP contribution in [0.1, 0.15) is 0 Å². The maximum absolute atomic E-state index is 4.95. The molecule has 0 aliphatic rings. The third-order valence-corrected chi connectivity index (χ3v) is 9.37. The molecule has 0 N–H and O–H groups in total. The average Bonchev–Trinajstić information content (AvgIpc) is 3.72. The molecule has 0 atom stereocenters. The molecule has 0 fully saturated rings. The van der Waals surface area contributed by atoms with Crippen molar-refractivity contribution < 1.29 is 0 Å². The molecule has 0 unspecified atom stereocenters. The molecule has 4 heterocycles. The summed E-state index contributed by atoms with van der Waals surface area (Å²) in [6, 6.07) is 52.1. The SMILES string of the molecule is c1ccc(-c2nc(-c3ccccc3)nc(-c3ccc(-n4c5ccccc5c5ccc6c(c7cnncc7n6-c6ccccc6)c54)cc3)n2)cc1. The Hall–Kier alpha value is -6.99. The van der Waals surface area contributed by atoms with E-state index in [4.69, 9.17) is 15.0 Å². The first-order valence-corrected chi connectivity index (χ1v) is 16.5. The molecule has 0 aliphatic carbocycles. The molecule has 0 saturated heterocycles. The van der Waals surface area contributed by atoms with Gasteiger partial charge in [-0.3, -0.25) is 0 Å². The second-order valence-electron chi connectivity index (χ2n) is 12.3. The van der Waals surface area contributed by atoms with Crippen molar-refractivity contribution in [3.63, 3.8) is 0 Å². The quantitative estimate of drug-likeness (QED) is 0.187. The van der Waals surface area contributed by atoms with Gasteiger partial charge in [0.05, 0.1) is 34.5 Å². The van der Waals surface area contributed by atoms with E-state index in [1.54, 1.807) is 0 Å². The lowest BCUT2D eigenvalue weighted by atomic mass is 10.1. The van der Waals surface area contributed by atoms with E-state index < -0.39 is 0 Å². The van der Waals surface area contributed by atoms with Gasteiger partial charge >= 0.3 is 0 Å². The summed E-state index contributed by atoms with van der Waals surface area (Å²) in [4.78, 5) is 14.8. The van der Waals surface area contributed by atoms with Crippen LogP contribution >= 0.6 is 0 Å². The number of para-hydroxylation sites is 2. The Morgan fingerprint density at radius 3 is 1.54 bits per heavy atom. The van der Waals surface area contributed by atoms with Crippen LogP contribution in [0.25, 0.3) is 89.2 Å². The summed E-state index contributed by atoms with van der Waals surface area (Å²) in [5.41, 5.74) is 9.28. The van der Waals surface area contributed by atoms with Gasteiger partial charge in [0.2, 0.25) is 0 Å². The van der Waals surface area contributed by atoms with E-state index in [1.165, 1.54) is 10.8 Å². The van der Waals surface area contributed by atoms with Gasteiger partial charge < -0.3 is 9.13 Å². The van der Waals surface area contributed by atoms with Gasteiger partial charge in [-0.1, -0.05) is 103 Å². The van der Waals surface area contributed by atoms with Crippen molar-refractivity contribution in [1.82, 2.24) is 34.3 Å². The van der Waals surface area contributed by atoms with Crippen LogP contribution < -0.4 is 0 Å². The maximum Gasteiger partial charge on any atom is 0.164 e. The standard InChI is InChI=1S/C43H27N7/c1-4-12-28(13-5-1)41-46-42(29-14-6-2-7-15-29)48-43(47-41)30-20-22-32(23-21-30)50-36-19-11-10-18-33(36)34-24-25-37-39(40(34)50)35-26-44-45-27-38(35)49(37)31-16-8-3-9-17-31/h1-27H. The highest BCUT2D eigenvalue weighted by Gasteiger charge is 2.21. The Bertz CT molecular complexity index is 2780. The van der Waals surface area contributed by atoms with Crippen LogP contribution in [0.15, 0.2) is 164 Å². The number of rotatable bonds is 5. The molecule has 4 aromatic heterocycles. The molecular weight excluding hydrogens is 615 g/mol. The van der Waals surface area contributed by atoms with E-state index in [0.29, 0.717) is 17.5 Å². The van der Waals surface area contributed by atoms with Crippen LogP contribution in [0.4, 0.5) is 0 Å². The van der Waals surface area contributed by atoms with Crippen LogP contribution in [0, 0.1) is 0 Å². The minimum Gasteiger partial charge on any atom is -0.309 e. The molecule has 7 heteroatoms. The van der Waals surface area contributed by atoms with Gasteiger partial charge in [0.15, 0.2) is 17.5 Å². The van der Waals surface area contributed by atoms with Crippen LogP contribution in [0.3, 0.4) is 0 Å². The fourth-order valence-corrected chi connectivity index (χ4v) is 7.13. The molecule has 0 radical (unpaired) electrons. The van der Waals surface area contributed by atoms with Gasteiger partial charge in [0.1, 0.15) is 0 Å². The molecular formula is C43H27N7. The fraction of sp³-hybridized carbons (Fsp3) is 0. The summed E-state index contributed by atoms with van der Waals surface area (Å²) in [6.07, 6.45) is 3.75. The molecule has 7 nitrogen and oxygen atoms in total. The van der Waals surface area contributed by atoms with Gasteiger partial charge in [-0.2, -0.15) is 10.2 Å². The average molecular weight is 642 g/mol. The molecule has 50 heavy (non-hydrogen) atoms. The molecule has 0 amide bonds. The summed E-state index contributed by atoms with van der Waals surface area (Å²) < 4.78 is 4.64. The number of aromatic nitrogens is 7. The summed E-state index contributed by atoms with van der Waals surface area (Å²) in [7, 11) is 0. The predicted molar refractivity (Wildman–Crippen MR) is 200 cm³/mol. The number of nitrogens with zero attached hydrogens (tertiary/aromatic N) is 7. The summed E-state index contributed by atoms with van der Waals surface area (Å²) in [5.74, 6) is 1.90. The van der Waals surface area contributed by atoms with E-state index >= 15 is 0 Å². The van der Waals surface area contributed by atoms with Crippen molar-refractivity contribution in [2.45, 2.75) is 0 Å². The van der Waals surface area contributed by atoms with Crippen LogP contribution in [-0.4, -0.2) is 34.3 Å². The maximum atomic E-state index is 4.95. The highest BCUT2D eigenvalue weighted by molar-refractivity contribution is 6.26. The molecule has 0 aliphatic heterocycles. The summed E-state index contributed by atoms with van der Waals surface area (Å²) in [5, 5.41) is 13.2. The zero-order valence-corrected chi connectivity index (χ0v) is 26.7. The number of hydrogen-bond acceptors (Lipinski definition) is 5. The van der Waals surface area contributed by atoms with E-state index in [-0.39, 0.29) is 0 Å². The van der Waals surface area contributed by atoms with Crippen molar-refractivity contribution in [2.75, 3.05) is 0 Å². The fourth-order valence-electron chi connectivity index (χ4n) is 7.13. The molecule has 10 aromatic rings. The Labute approximate surface area is 286 Å². The highest BCUT2D eigenvalue weighted by atomic mass is 15.1. The lowest BCUT2D eigenvalue weighted by molar-refractivity contribution is 1.04. The smallest absolute Gasteiger partial charge is 0.164 e. The van der Waals surface area contributed by atoms with Crippen molar-refractivity contribution in [1.29, 1.82) is 0 Å². The Kier molecular flexibility index (Phi) is 6.35. The lowest BCUT2D eigenvalue weighted by Crippen LogP contribution is -2.00. The van der Waals surface area contributed by atoms with Crippen molar-refractivity contribution in [2.24, 2.45) is 0 Å². The number of fused-ring (bicyclic) bond motifs is 7. The van der Waals surface area contributed by atoms with Crippen LogP contribution in [0.5, 0.6) is 0 Å². The van der Waals surface area contributed by atoms with Crippen LogP contribution in [0.2, 0.25) is 0 Å². The second-order valence-corrected chi connectivity index (χ2v) is 12.3. The Balaban J connectivity index is 1.20. The second kappa shape index (κ2) is 11.3. The Morgan fingerprint density at radius 1 is 0.340 bits per heavy atom. The van der Waals surface area contributed by atoms with Gasteiger partial charge in [-0.25, -0.2) is 15.0 Å².